The third kappa shape index (κ3) is 2.48. The minimum atomic E-state index is -0.283. The second-order valence-corrected chi connectivity index (χ2v) is 5.73. The second-order valence-electron chi connectivity index (χ2n) is 5.73. The van der Waals surface area contributed by atoms with Crippen LogP contribution in [0, 0.1) is 6.92 Å². The van der Waals surface area contributed by atoms with Gasteiger partial charge in [0, 0.05) is 22.3 Å². The number of fused-ring (bicyclic) bond motifs is 2. The van der Waals surface area contributed by atoms with E-state index in [4.69, 9.17) is 4.74 Å². The maximum Gasteiger partial charge on any atom is 0.262 e. The first kappa shape index (κ1) is 14.3. The van der Waals surface area contributed by atoms with Gasteiger partial charge in [0.2, 0.25) is 0 Å². The molecule has 0 spiro atoms. The van der Waals surface area contributed by atoms with Crippen LogP contribution in [-0.4, -0.2) is 23.4 Å². The number of carbonyl (C=O) groups is 2. The van der Waals surface area contributed by atoms with E-state index in [-0.39, 0.29) is 18.4 Å². The molecule has 6 nitrogen and oxygen atoms in total. The fourth-order valence-corrected chi connectivity index (χ4v) is 2.85. The average molecular weight is 321 g/mol. The van der Waals surface area contributed by atoms with E-state index in [9.17, 15) is 9.59 Å². The number of ether oxygens (including phenoxy) is 1. The third-order valence-corrected chi connectivity index (χ3v) is 3.89. The maximum absolute atomic E-state index is 12.6. The number of amides is 2. The fraction of sp³-hybridized carbons (Fsp3) is 0.111. The lowest BCUT2D eigenvalue weighted by Gasteiger charge is -2.20. The molecule has 24 heavy (non-hydrogen) atoms. The molecule has 0 saturated heterocycles. The molecule has 0 fully saturated rings. The van der Waals surface area contributed by atoms with E-state index in [0.717, 1.165) is 16.6 Å². The molecule has 120 valence electrons. The summed E-state index contributed by atoms with van der Waals surface area (Å²) in [7, 11) is 0. The zero-order chi connectivity index (χ0) is 16.7. The lowest BCUT2D eigenvalue weighted by molar-refractivity contribution is -0.118. The molecule has 6 heteroatoms. The SMILES string of the molecule is Cc1cc2cc(NC(=O)c3cccc4c3OCC(=O)N4)ccc2[nH]1. The van der Waals surface area contributed by atoms with Crippen molar-refractivity contribution in [2.45, 2.75) is 6.92 Å². The molecule has 0 aliphatic carbocycles. The molecule has 2 amide bonds. The summed E-state index contributed by atoms with van der Waals surface area (Å²) in [6, 6.07) is 12.8. The average Bonchev–Trinajstić information content (AvgIpc) is 2.93. The lowest BCUT2D eigenvalue weighted by Crippen LogP contribution is -2.27. The van der Waals surface area contributed by atoms with Crippen LogP contribution in [0.1, 0.15) is 16.1 Å². The van der Waals surface area contributed by atoms with Crippen LogP contribution in [0.3, 0.4) is 0 Å². The van der Waals surface area contributed by atoms with Crippen LogP contribution in [0.25, 0.3) is 10.9 Å². The summed E-state index contributed by atoms with van der Waals surface area (Å²) in [4.78, 5) is 27.2. The van der Waals surface area contributed by atoms with E-state index in [2.05, 4.69) is 15.6 Å². The highest BCUT2D eigenvalue weighted by Gasteiger charge is 2.22. The van der Waals surface area contributed by atoms with Crippen LogP contribution < -0.4 is 15.4 Å². The van der Waals surface area contributed by atoms with Gasteiger partial charge in [0.1, 0.15) is 0 Å². The molecule has 1 aliphatic rings. The van der Waals surface area contributed by atoms with E-state index in [1.807, 2.05) is 31.2 Å². The van der Waals surface area contributed by atoms with Gasteiger partial charge in [0.15, 0.2) is 12.4 Å². The maximum atomic E-state index is 12.6. The topological polar surface area (TPSA) is 83.2 Å². The van der Waals surface area contributed by atoms with Crippen molar-refractivity contribution < 1.29 is 14.3 Å². The normalized spacial score (nSPS) is 13.1. The molecule has 0 unspecified atom stereocenters. The number of aryl methyl sites for hydroxylation is 1. The third-order valence-electron chi connectivity index (χ3n) is 3.89. The Labute approximate surface area is 137 Å². The highest BCUT2D eigenvalue weighted by Crippen LogP contribution is 2.32. The molecule has 0 radical (unpaired) electrons. The van der Waals surface area contributed by atoms with Crippen molar-refractivity contribution in [2.24, 2.45) is 0 Å². The molecule has 0 bridgehead atoms. The summed E-state index contributed by atoms with van der Waals surface area (Å²) in [6.07, 6.45) is 0. The monoisotopic (exact) mass is 321 g/mol. The lowest BCUT2D eigenvalue weighted by atomic mass is 10.1. The van der Waals surface area contributed by atoms with Crippen molar-refractivity contribution in [1.82, 2.24) is 4.98 Å². The van der Waals surface area contributed by atoms with Crippen LogP contribution in [0.2, 0.25) is 0 Å². The van der Waals surface area contributed by atoms with Gasteiger partial charge >= 0.3 is 0 Å². The molecule has 0 saturated carbocycles. The van der Waals surface area contributed by atoms with Crippen molar-refractivity contribution in [2.75, 3.05) is 17.2 Å². The summed E-state index contributed by atoms with van der Waals surface area (Å²) >= 11 is 0. The predicted octanol–water partition coefficient (Wildman–Crippen LogP) is 3.06. The second kappa shape index (κ2) is 5.42. The molecule has 2 heterocycles. The number of anilines is 2. The number of aromatic nitrogens is 1. The number of para-hydroxylation sites is 1. The zero-order valence-corrected chi connectivity index (χ0v) is 13.0. The standard InChI is InChI=1S/C18H15N3O3/c1-10-7-11-8-12(5-6-14(11)19-10)20-18(23)13-3-2-4-15-17(13)24-9-16(22)21-15/h2-8,19H,9H2,1H3,(H,20,23)(H,21,22). The highest BCUT2D eigenvalue weighted by atomic mass is 16.5. The molecule has 4 rings (SSSR count). The summed E-state index contributed by atoms with van der Waals surface area (Å²) in [5.41, 5.74) is 3.68. The minimum absolute atomic E-state index is 0.0914. The minimum Gasteiger partial charge on any atom is -0.481 e. The first-order valence-electron chi connectivity index (χ1n) is 7.56. The Kier molecular flexibility index (Phi) is 3.23. The molecular formula is C18H15N3O3. The van der Waals surface area contributed by atoms with Gasteiger partial charge in [-0.1, -0.05) is 6.07 Å². The van der Waals surface area contributed by atoms with Crippen LogP contribution in [0.4, 0.5) is 11.4 Å². The predicted molar refractivity (Wildman–Crippen MR) is 91.6 cm³/mol. The van der Waals surface area contributed by atoms with Gasteiger partial charge in [-0.3, -0.25) is 9.59 Å². The molecule has 0 atom stereocenters. The summed E-state index contributed by atoms with van der Waals surface area (Å²) in [6.45, 7) is 1.89. The van der Waals surface area contributed by atoms with Gasteiger partial charge in [-0.25, -0.2) is 0 Å². The number of aromatic amines is 1. The van der Waals surface area contributed by atoms with Crippen molar-refractivity contribution in [3.8, 4) is 5.75 Å². The van der Waals surface area contributed by atoms with E-state index in [1.165, 1.54) is 0 Å². The number of benzene rings is 2. The zero-order valence-electron chi connectivity index (χ0n) is 13.0. The molecule has 2 aromatic carbocycles. The van der Waals surface area contributed by atoms with E-state index < -0.39 is 0 Å². The molecular weight excluding hydrogens is 306 g/mol. The van der Waals surface area contributed by atoms with Crippen molar-refractivity contribution >= 4 is 34.1 Å². The number of rotatable bonds is 2. The van der Waals surface area contributed by atoms with Crippen molar-refractivity contribution in [1.29, 1.82) is 0 Å². The van der Waals surface area contributed by atoms with Crippen molar-refractivity contribution in [3.63, 3.8) is 0 Å². The molecule has 1 aliphatic heterocycles. The molecule has 3 N–H and O–H groups in total. The first-order valence-corrected chi connectivity index (χ1v) is 7.56. The Hall–Kier alpha value is -3.28. The number of H-pyrrole nitrogens is 1. The van der Waals surface area contributed by atoms with Gasteiger partial charge in [-0.2, -0.15) is 0 Å². The molecule has 1 aromatic heterocycles. The Morgan fingerprint density at radius 1 is 1.21 bits per heavy atom. The van der Waals surface area contributed by atoms with Crippen LogP contribution >= 0.6 is 0 Å². The Morgan fingerprint density at radius 3 is 2.96 bits per heavy atom. The van der Waals surface area contributed by atoms with Gasteiger partial charge < -0.3 is 20.4 Å². The summed E-state index contributed by atoms with van der Waals surface area (Å²) in [5, 5.41) is 6.60. The van der Waals surface area contributed by atoms with Gasteiger partial charge in [-0.05, 0) is 43.3 Å². The number of hydrogen-bond acceptors (Lipinski definition) is 3. The Bertz CT molecular complexity index is 975. The largest absolute Gasteiger partial charge is 0.481 e. The van der Waals surface area contributed by atoms with Gasteiger partial charge in [0.05, 0.1) is 11.3 Å². The van der Waals surface area contributed by atoms with E-state index in [0.29, 0.717) is 22.7 Å². The molecule has 3 aromatic rings. The van der Waals surface area contributed by atoms with Crippen LogP contribution in [0.5, 0.6) is 5.75 Å². The smallest absolute Gasteiger partial charge is 0.262 e. The van der Waals surface area contributed by atoms with Crippen LogP contribution in [-0.2, 0) is 4.79 Å². The number of carbonyl (C=O) groups excluding carboxylic acids is 2. The van der Waals surface area contributed by atoms with E-state index in [1.54, 1.807) is 18.2 Å². The van der Waals surface area contributed by atoms with Gasteiger partial charge in [0.25, 0.3) is 11.8 Å². The van der Waals surface area contributed by atoms with Gasteiger partial charge in [-0.15, -0.1) is 0 Å². The first-order chi connectivity index (χ1) is 11.6. The number of hydrogen-bond donors (Lipinski definition) is 3. The summed E-state index contributed by atoms with van der Waals surface area (Å²) < 4.78 is 5.42. The number of nitrogens with one attached hydrogen (secondary N) is 3. The fourth-order valence-electron chi connectivity index (χ4n) is 2.85. The quantitative estimate of drug-likeness (QED) is 0.678. The van der Waals surface area contributed by atoms with Crippen LogP contribution in [0.15, 0.2) is 42.5 Å². The summed E-state index contributed by atoms with van der Waals surface area (Å²) in [5.74, 6) is -0.115. The van der Waals surface area contributed by atoms with Crippen molar-refractivity contribution in [3.05, 3.63) is 53.7 Å². The highest BCUT2D eigenvalue weighted by molar-refractivity contribution is 6.09. The Morgan fingerprint density at radius 2 is 2.08 bits per heavy atom. The Balaban J connectivity index is 1.64. The van der Waals surface area contributed by atoms with E-state index >= 15 is 0 Å².